The van der Waals surface area contributed by atoms with Crippen LogP contribution in [-0.2, 0) is 15.1 Å². The second-order valence-corrected chi connectivity index (χ2v) is 8.94. The zero-order valence-corrected chi connectivity index (χ0v) is 18.6. The van der Waals surface area contributed by atoms with Gasteiger partial charge >= 0.3 is 0 Å². The molecule has 35 heavy (non-hydrogen) atoms. The van der Waals surface area contributed by atoms with Crippen LogP contribution in [-0.4, -0.2) is 45.3 Å². The van der Waals surface area contributed by atoms with Gasteiger partial charge in [0.15, 0.2) is 23.0 Å². The van der Waals surface area contributed by atoms with Crippen molar-refractivity contribution in [3.8, 4) is 29.4 Å². The molecule has 0 amide bonds. The first-order valence-electron chi connectivity index (χ1n) is 11.3. The molecule has 1 saturated heterocycles. The maximum atomic E-state index is 13.6. The number of allylic oxidation sites excluding steroid dienone is 2. The number of aliphatic hydroxyl groups is 1. The van der Waals surface area contributed by atoms with Crippen LogP contribution in [0, 0.1) is 23.7 Å². The number of carbonyl (C=O) groups excluding carboxylic acids is 3. The first-order chi connectivity index (χ1) is 16.8. The summed E-state index contributed by atoms with van der Waals surface area (Å²) in [6.07, 6.45) is 2.70. The van der Waals surface area contributed by atoms with Crippen LogP contribution in [0.1, 0.15) is 57.2 Å². The topological polar surface area (TPSA) is 116 Å². The average Bonchev–Trinajstić information content (AvgIpc) is 3.62. The van der Waals surface area contributed by atoms with E-state index in [4.69, 9.17) is 4.74 Å². The number of hydrogen-bond acceptors (Lipinski definition) is 7. The van der Waals surface area contributed by atoms with Crippen molar-refractivity contribution in [3.05, 3.63) is 70.3 Å². The zero-order valence-electron chi connectivity index (χ0n) is 18.6. The molecule has 0 unspecified atom stereocenters. The number of epoxide rings is 1. The summed E-state index contributed by atoms with van der Waals surface area (Å²) in [5.41, 5.74) is -3.29. The standard InChI is InChI=1S/C28H19NO6/c1-2-9-20(31)27(34)13-8-4-3-5-12-18-26-28(27,35-26)17-14-19(30)21-22(23(17)29-18)25(33)16-11-7-6-10-15(16)24(21)32/h3-4,6-7,10-11,14,18,26,29-30,34H,2,9H2,1H3/b4-3-/t18-,26-,27-,28+/m0/s1. The fourth-order valence-electron chi connectivity index (χ4n) is 5.38. The van der Waals surface area contributed by atoms with Crippen LogP contribution in [0.15, 0.2) is 42.5 Å². The minimum atomic E-state index is -2.26. The molecule has 0 saturated carbocycles. The molecule has 6 rings (SSSR count). The van der Waals surface area contributed by atoms with E-state index in [2.05, 4.69) is 29.0 Å². The van der Waals surface area contributed by atoms with E-state index in [1.807, 2.05) is 6.92 Å². The minimum Gasteiger partial charge on any atom is -0.507 e. The third-order valence-electron chi connectivity index (χ3n) is 7.00. The van der Waals surface area contributed by atoms with Crippen LogP contribution >= 0.6 is 0 Å². The van der Waals surface area contributed by atoms with E-state index in [0.717, 1.165) is 0 Å². The molecule has 2 aromatic carbocycles. The predicted octanol–water partition coefficient (Wildman–Crippen LogP) is 2.23. The number of aromatic hydroxyl groups is 1. The summed E-state index contributed by atoms with van der Waals surface area (Å²) in [7, 11) is 0. The highest BCUT2D eigenvalue weighted by Gasteiger charge is 2.77. The van der Waals surface area contributed by atoms with Gasteiger partial charge in [-0.05, 0) is 24.6 Å². The van der Waals surface area contributed by atoms with Gasteiger partial charge in [0.05, 0.1) is 16.8 Å². The fraction of sp³-hybridized carbons (Fsp3) is 0.250. The van der Waals surface area contributed by atoms with Crippen LogP contribution in [0.25, 0.3) is 0 Å². The van der Waals surface area contributed by atoms with E-state index in [0.29, 0.717) is 6.42 Å². The van der Waals surface area contributed by atoms with Gasteiger partial charge in [0.1, 0.15) is 17.9 Å². The summed E-state index contributed by atoms with van der Waals surface area (Å²) in [4.78, 5) is 40.2. The Morgan fingerprint density at radius 3 is 2.51 bits per heavy atom. The number of phenolic OH excluding ortho intramolecular Hbond substituents is 1. The molecule has 4 atom stereocenters. The molecule has 3 N–H and O–H groups in total. The van der Waals surface area contributed by atoms with E-state index in [-0.39, 0.29) is 39.9 Å². The average molecular weight is 465 g/mol. The van der Waals surface area contributed by atoms with E-state index in [1.54, 1.807) is 18.2 Å². The molecule has 2 bridgehead atoms. The summed E-state index contributed by atoms with van der Waals surface area (Å²) < 4.78 is 6.07. The number of nitrogens with one attached hydrogen (secondary N) is 1. The predicted molar refractivity (Wildman–Crippen MR) is 125 cm³/mol. The monoisotopic (exact) mass is 465 g/mol. The molecule has 2 aromatic rings. The highest BCUT2D eigenvalue weighted by molar-refractivity contribution is 6.31. The molecule has 0 aromatic heterocycles. The first kappa shape index (κ1) is 21.4. The summed E-state index contributed by atoms with van der Waals surface area (Å²) in [6, 6.07) is 6.98. The molecular weight excluding hydrogens is 446 g/mol. The summed E-state index contributed by atoms with van der Waals surface area (Å²) in [5.74, 6) is 9.31. The molecule has 2 aliphatic carbocycles. The number of fused-ring (bicyclic) bond motifs is 4. The Hall–Kier alpha value is -4.17. The fourth-order valence-corrected chi connectivity index (χ4v) is 5.38. The van der Waals surface area contributed by atoms with Gasteiger partial charge in [0, 0.05) is 23.1 Å². The van der Waals surface area contributed by atoms with Gasteiger partial charge in [-0.1, -0.05) is 54.9 Å². The number of ether oxygens (including phenoxy) is 1. The van der Waals surface area contributed by atoms with Gasteiger partial charge in [0.2, 0.25) is 5.60 Å². The normalized spacial score (nSPS) is 29.4. The van der Waals surface area contributed by atoms with Gasteiger partial charge < -0.3 is 20.3 Å². The largest absolute Gasteiger partial charge is 0.507 e. The third kappa shape index (κ3) is 2.62. The Balaban J connectivity index is 1.67. The molecule has 172 valence electrons. The van der Waals surface area contributed by atoms with E-state index in [9.17, 15) is 24.6 Å². The van der Waals surface area contributed by atoms with Gasteiger partial charge in [-0.2, -0.15) is 0 Å². The van der Waals surface area contributed by atoms with Crippen molar-refractivity contribution in [2.24, 2.45) is 0 Å². The van der Waals surface area contributed by atoms with Crippen molar-refractivity contribution in [1.82, 2.24) is 0 Å². The van der Waals surface area contributed by atoms with Crippen LogP contribution in [0.2, 0.25) is 0 Å². The summed E-state index contributed by atoms with van der Waals surface area (Å²) >= 11 is 0. The quantitative estimate of drug-likeness (QED) is 0.309. The number of carbonyl (C=O) groups is 3. The smallest absolute Gasteiger partial charge is 0.221 e. The maximum Gasteiger partial charge on any atom is 0.221 e. The molecule has 2 aliphatic heterocycles. The van der Waals surface area contributed by atoms with Crippen molar-refractivity contribution < 1.29 is 29.3 Å². The number of ketones is 3. The molecule has 2 heterocycles. The zero-order chi connectivity index (χ0) is 24.5. The van der Waals surface area contributed by atoms with Crippen LogP contribution < -0.4 is 5.32 Å². The summed E-state index contributed by atoms with van der Waals surface area (Å²) in [6.45, 7) is 1.81. The molecule has 7 nitrogen and oxygen atoms in total. The highest BCUT2D eigenvalue weighted by atomic mass is 16.6. The number of hydrogen-bond donors (Lipinski definition) is 3. The van der Waals surface area contributed by atoms with E-state index < -0.39 is 46.4 Å². The number of benzene rings is 2. The second kappa shape index (κ2) is 7.16. The maximum absolute atomic E-state index is 13.6. The molecule has 4 aliphatic rings. The van der Waals surface area contributed by atoms with Gasteiger partial charge in [-0.3, -0.25) is 14.4 Å². The number of phenols is 1. The SMILES string of the molecule is CCCC(=O)[C@@]1(O)C#C/C=C\C#C[C@@H]2Nc3c(cc(O)c4c3C(=O)c3ccccc3C4=O)[C@]13O[C@@H]23. The lowest BCUT2D eigenvalue weighted by Gasteiger charge is -2.36. The summed E-state index contributed by atoms with van der Waals surface area (Å²) in [5, 5.41) is 26.0. The van der Waals surface area contributed by atoms with Crippen molar-refractivity contribution in [3.63, 3.8) is 0 Å². The Morgan fingerprint density at radius 1 is 1.11 bits per heavy atom. The van der Waals surface area contributed by atoms with Crippen molar-refractivity contribution in [2.75, 3.05) is 5.32 Å². The molecule has 0 radical (unpaired) electrons. The van der Waals surface area contributed by atoms with E-state index in [1.165, 1.54) is 24.3 Å². The number of rotatable bonds is 3. The van der Waals surface area contributed by atoms with Crippen molar-refractivity contribution in [2.45, 2.75) is 43.1 Å². The van der Waals surface area contributed by atoms with Gasteiger partial charge in [-0.25, -0.2) is 0 Å². The Morgan fingerprint density at radius 2 is 1.80 bits per heavy atom. The first-order valence-corrected chi connectivity index (χ1v) is 11.3. The molecule has 1 fully saturated rings. The van der Waals surface area contributed by atoms with Crippen molar-refractivity contribution in [1.29, 1.82) is 0 Å². The third-order valence-corrected chi connectivity index (χ3v) is 7.00. The molecular formula is C28H19NO6. The van der Waals surface area contributed by atoms with Crippen LogP contribution in [0.4, 0.5) is 5.69 Å². The van der Waals surface area contributed by atoms with Gasteiger partial charge in [0.25, 0.3) is 0 Å². The number of Topliss-reactive ketones (excluding diaryl/α,β-unsaturated/α-hetero) is 1. The number of anilines is 1. The van der Waals surface area contributed by atoms with Gasteiger partial charge in [-0.15, -0.1) is 0 Å². The van der Waals surface area contributed by atoms with Crippen LogP contribution in [0.3, 0.4) is 0 Å². The lowest BCUT2D eigenvalue weighted by molar-refractivity contribution is -0.138. The van der Waals surface area contributed by atoms with Crippen LogP contribution in [0.5, 0.6) is 5.75 Å². The lowest BCUT2D eigenvalue weighted by Crippen LogP contribution is -2.54. The Bertz CT molecular complexity index is 1530. The highest BCUT2D eigenvalue weighted by Crippen LogP contribution is 2.62. The minimum absolute atomic E-state index is 0.0327. The van der Waals surface area contributed by atoms with E-state index >= 15 is 0 Å². The second-order valence-electron chi connectivity index (χ2n) is 8.94. The lowest BCUT2D eigenvalue weighted by atomic mass is 9.69. The Kier molecular flexibility index (Phi) is 4.37. The molecule has 0 spiro atoms. The Labute approximate surface area is 200 Å². The molecule has 7 heteroatoms. The van der Waals surface area contributed by atoms with Crippen molar-refractivity contribution >= 4 is 23.0 Å².